The Labute approximate surface area is 284 Å². The van der Waals surface area contributed by atoms with Crippen LogP contribution in [0.1, 0.15) is 21.9 Å². The maximum Gasteiger partial charge on any atom is 0.136 e. The predicted octanol–water partition coefficient (Wildman–Crippen LogP) is 12.6. The average molecular weight is 589 g/mol. The minimum absolute atomic E-state index is 0.0229. The molecule has 0 unspecified atom stereocenters. The highest BCUT2D eigenvalue weighted by Crippen LogP contribution is 2.49. The van der Waals surface area contributed by atoms with Crippen LogP contribution in [0.2, 0.25) is 0 Å². The van der Waals surface area contributed by atoms with Crippen LogP contribution in [0.5, 0.6) is 0 Å². The van der Waals surface area contributed by atoms with E-state index in [0.717, 1.165) is 0 Å². The van der Waals surface area contributed by atoms with Gasteiger partial charge in [-0.05, 0) is 84.2 Å². The van der Waals surface area contributed by atoms with Crippen LogP contribution >= 0.6 is 0 Å². The van der Waals surface area contributed by atoms with Crippen LogP contribution < -0.4 is 0 Å². The van der Waals surface area contributed by atoms with Crippen molar-refractivity contribution >= 4 is 43.5 Å². The summed E-state index contributed by atoms with van der Waals surface area (Å²) in [5, 5.41) is 0.152. The summed E-state index contributed by atoms with van der Waals surface area (Å²) in [7, 11) is 0. The summed E-state index contributed by atoms with van der Waals surface area (Å²) in [6.07, 6.45) is 0. The summed E-state index contributed by atoms with van der Waals surface area (Å²) >= 11 is 0. The molecule has 9 aromatic rings. The summed E-state index contributed by atoms with van der Waals surface area (Å²) in [5.41, 5.74) is -0.647. The molecule has 1 heteroatoms. The Balaban J connectivity index is 1.68. The molecule has 45 heavy (non-hydrogen) atoms. The molecule has 0 aliphatic heterocycles. The lowest BCUT2D eigenvalue weighted by atomic mass is 9.82. The first-order valence-electron chi connectivity index (χ1n) is 22.1. The number of hydrogen-bond donors (Lipinski definition) is 0. The van der Waals surface area contributed by atoms with Gasteiger partial charge in [-0.3, -0.25) is 0 Å². The van der Waals surface area contributed by atoms with Gasteiger partial charge in [0.05, 0.1) is 21.9 Å². The SMILES string of the molecule is [2H]c1c([2H])c([2H])c(-c2c([2H])c([2H])c([2H])c([2H])c2-c2c3c([2H])c([2H])c([2H])c([2H])c3c(-c3cccc4oc5ccccc5c34)c3c([2H])c([2H])c(-c4ccccc4)c([2H])c23)c([2H])c1[2H]. The van der Waals surface area contributed by atoms with Crippen molar-refractivity contribution in [2.45, 2.75) is 0 Å². The highest BCUT2D eigenvalue weighted by Gasteiger charge is 2.22. The second-order valence-corrected chi connectivity index (χ2v) is 10.4. The maximum atomic E-state index is 10.0. The first-order valence-corrected chi connectivity index (χ1v) is 14.1. The molecule has 0 aliphatic rings. The molecule has 1 nitrogen and oxygen atoms in total. The lowest BCUT2D eigenvalue weighted by Crippen LogP contribution is -1.93. The van der Waals surface area contributed by atoms with E-state index in [1.807, 2.05) is 0 Å². The molecule has 0 atom stereocenters. The lowest BCUT2D eigenvalue weighted by molar-refractivity contribution is 0.669. The Hall–Kier alpha value is -5.92. The summed E-state index contributed by atoms with van der Waals surface area (Å²) < 4.78 is 152. The average Bonchev–Trinajstić information content (AvgIpc) is 3.65. The van der Waals surface area contributed by atoms with Gasteiger partial charge in [-0.15, -0.1) is 0 Å². The molecule has 0 spiro atoms. The van der Waals surface area contributed by atoms with Gasteiger partial charge >= 0.3 is 0 Å². The topological polar surface area (TPSA) is 13.1 Å². The van der Waals surface area contributed by atoms with E-state index < -0.39 is 113 Å². The van der Waals surface area contributed by atoms with Gasteiger partial charge < -0.3 is 4.42 Å². The molecule has 1 aromatic heterocycles. The molecular formula is C44H28O. The molecule has 1 heterocycles. The molecule has 0 radical (unpaired) electrons. The standard InChI is InChI=1S/C44H28O/c1-3-14-29(15-4-1)31-26-27-36-39(28-31)43(33-19-8-7-18-32(33)30-16-5-2-6-17-30)35-21-10-9-20-34(35)42(36)38-23-13-25-41-44(38)37-22-11-12-24-40(37)45-41/h1-28H/i2D,5D,6D,7D,8D,9D,10D,16D,17D,18D,19D,20D,21D,26D,27D,28D. The van der Waals surface area contributed by atoms with Gasteiger partial charge in [0.2, 0.25) is 0 Å². The fourth-order valence-corrected chi connectivity index (χ4v) is 6.03. The molecule has 8 aromatic carbocycles. The highest BCUT2D eigenvalue weighted by molar-refractivity contribution is 6.26. The van der Waals surface area contributed by atoms with Crippen molar-refractivity contribution < 1.29 is 26.3 Å². The van der Waals surface area contributed by atoms with Crippen LogP contribution in [-0.2, 0) is 0 Å². The molecule has 0 saturated carbocycles. The van der Waals surface area contributed by atoms with Crippen molar-refractivity contribution in [2.24, 2.45) is 0 Å². The fourth-order valence-electron chi connectivity index (χ4n) is 6.03. The maximum absolute atomic E-state index is 10.0. The number of rotatable bonds is 4. The zero-order valence-electron chi connectivity index (χ0n) is 39.3. The van der Waals surface area contributed by atoms with E-state index in [0.29, 0.717) is 33.1 Å². The van der Waals surface area contributed by atoms with Gasteiger partial charge in [0, 0.05) is 10.8 Å². The van der Waals surface area contributed by atoms with E-state index in [1.54, 1.807) is 72.8 Å². The number of benzene rings is 8. The summed E-state index contributed by atoms with van der Waals surface area (Å²) in [6, 6.07) is 9.13. The third-order valence-corrected chi connectivity index (χ3v) is 7.92. The number of para-hydroxylation sites is 1. The first-order chi connectivity index (χ1) is 29.0. The quantitative estimate of drug-likeness (QED) is 0.186. The van der Waals surface area contributed by atoms with Crippen molar-refractivity contribution in [1.29, 1.82) is 0 Å². The first kappa shape index (κ1) is 14.2. The Bertz CT molecular complexity index is 3400. The second kappa shape index (κ2) is 10.4. The van der Waals surface area contributed by atoms with Gasteiger partial charge in [0.1, 0.15) is 11.2 Å². The van der Waals surface area contributed by atoms with Crippen LogP contribution in [0.25, 0.3) is 88.0 Å². The summed E-state index contributed by atoms with van der Waals surface area (Å²) in [6.45, 7) is 0. The third-order valence-electron chi connectivity index (χ3n) is 7.92. The molecule has 0 aliphatic carbocycles. The van der Waals surface area contributed by atoms with Gasteiger partial charge in [-0.2, -0.15) is 0 Å². The molecule has 0 fully saturated rings. The van der Waals surface area contributed by atoms with Crippen molar-refractivity contribution in [3.8, 4) is 44.5 Å². The van der Waals surface area contributed by atoms with Crippen LogP contribution in [0, 0.1) is 0 Å². The van der Waals surface area contributed by atoms with Gasteiger partial charge in [0.25, 0.3) is 0 Å². The molecule has 210 valence electrons. The monoisotopic (exact) mass is 588 g/mol. The van der Waals surface area contributed by atoms with E-state index in [2.05, 4.69) is 0 Å². The third kappa shape index (κ3) is 4.09. The summed E-state index contributed by atoms with van der Waals surface area (Å²) in [5.74, 6) is 0. The fraction of sp³-hybridized carbons (Fsp3) is 0. The zero-order chi connectivity index (χ0) is 43.7. The number of fused-ring (bicyclic) bond motifs is 5. The van der Waals surface area contributed by atoms with E-state index >= 15 is 0 Å². The van der Waals surface area contributed by atoms with Crippen molar-refractivity contribution in [1.82, 2.24) is 0 Å². The Morgan fingerprint density at radius 3 is 1.84 bits per heavy atom. The van der Waals surface area contributed by atoms with Gasteiger partial charge in [-0.25, -0.2) is 0 Å². The zero-order valence-corrected chi connectivity index (χ0v) is 23.3. The normalized spacial score (nSPS) is 16.5. The van der Waals surface area contributed by atoms with E-state index in [1.165, 1.54) is 0 Å². The minimum Gasteiger partial charge on any atom is -0.456 e. The Morgan fingerprint density at radius 1 is 0.378 bits per heavy atom. The summed E-state index contributed by atoms with van der Waals surface area (Å²) in [4.78, 5) is 0. The molecule has 0 saturated heterocycles. The lowest BCUT2D eigenvalue weighted by Gasteiger charge is -2.21. The molecule has 0 N–H and O–H groups in total. The molecule has 0 bridgehead atoms. The predicted molar refractivity (Wildman–Crippen MR) is 190 cm³/mol. The smallest absolute Gasteiger partial charge is 0.136 e. The molecular weight excluding hydrogens is 544 g/mol. The van der Waals surface area contributed by atoms with Gasteiger partial charge in [0.15, 0.2) is 0 Å². The number of hydrogen-bond acceptors (Lipinski definition) is 1. The molecule has 9 rings (SSSR count). The van der Waals surface area contributed by atoms with Crippen LogP contribution in [0.4, 0.5) is 0 Å². The highest BCUT2D eigenvalue weighted by atomic mass is 16.3. The Kier molecular flexibility index (Phi) is 3.28. The van der Waals surface area contributed by atoms with Gasteiger partial charge in [-0.1, -0.05) is 151 Å². The minimum atomic E-state index is -0.827. The largest absolute Gasteiger partial charge is 0.456 e. The van der Waals surface area contributed by atoms with Crippen molar-refractivity contribution in [3.05, 3.63) is 169 Å². The Morgan fingerprint density at radius 2 is 1.02 bits per heavy atom. The molecule has 0 amide bonds. The van der Waals surface area contributed by atoms with Crippen LogP contribution in [-0.4, -0.2) is 0 Å². The van der Waals surface area contributed by atoms with Crippen molar-refractivity contribution in [3.63, 3.8) is 0 Å². The van der Waals surface area contributed by atoms with Crippen LogP contribution in [0.15, 0.2) is 174 Å². The van der Waals surface area contributed by atoms with E-state index in [-0.39, 0.29) is 38.2 Å². The number of furan rings is 1. The van der Waals surface area contributed by atoms with Crippen molar-refractivity contribution in [2.75, 3.05) is 0 Å². The van der Waals surface area contributed by atoms with Crippen LogP contribution in [0.3, 0.4) is 0 Å². The second-order valence-electron chi connectivity index (χ2n) is 10.4. The van der Waals surface area contributed by atoms with E-state index in [9.17, 15) is 9.60 Å². The van der Waals surface area contributed by atoms with E-state index in [4.69, 9.17) is 16.8 Å².